The second kappa shape index (κ2) is 8.64. The first-order chi connectivity index (χ1) is 15.2. The lowest BCUT2D eigenvalue weighted by molar-refractivity contribution is -0.140. The number of carbonyl (C=O) groups is 1. The second-order valence-electron chi connectivity index (χ2n) is 7.94. The highest BCUT2D eigenvalue weighted by atomic mass is 19.4. The first kappa shape index (κ1) is 21.9. The van der Waals surface area contributed by atoms with Gasteiger partial charge >= 0.3 is 6.18 Å². The molecule has 1 aromatic heterocycles. The predicted molar refractivity (Wildman–Crippen MR) is 112 cm³/mol. The van der Waals surface area contributed by atoms with Crippen molar-refractivity contribution in [1.29, 1.82) is 0 Å². The summed E-state index contributed by atoms with van der Waals surface area (Å²) in [5.74, 6) is -0.914. The fraction of sp³-hybridized carbons (Fsp3) is 0.304. The minimum Gasteiger partial charge on any atom is -0.508 e. The largest absolute Gasteiger partial charge is 0.508 e. The number of nitrogens with zero attached hydrogens (tertiary/aromatic N) is 1. The van der Waals surface area contributed by atoms with Gasteiger partial charge in [-0.2, -0.15) is 13.2 Å². The van der Waals surface area contributed by atoms with Crippen LogP contribution in [0.1, 0.15) is 41.7 Å². The number of alkyl halides is 3. The molecule has 9 heteroatoms. The molecule has 2 aromatic carbocycles. The summed E-state index contributed by atoms with van der Waals surface area (Å²) in [6.45, 7) is 0. The van der Waals surface area contributed by atoms with Crippen LogP contribution < -0.4 is 10.6 Å². The molecular formula is C23H21F4N3O2. The van der Waals surface area contributed by atoms with Crippen molar-refractivity contribution in [3.05, 3.63) is 65.6 Å². The van der Waals surface area contributed by atoms with Gasteiger partial charge in [-0.05, 0) is 68.1 Å². The fourth-order valence-corrected chi connectivity index (χ4v) is 4.05. The molecular weight excluding hydrogens is 426 g/mol. The number of aromatic nitrogens is 1. The molecule has 1 saturated carbocycles. The van der Waals surface area contributed by atoms with Crippen LogP contribution >= 0.6 is 0 Å². The molecule has 168 valence electrons. The number of aromatic hydroxyl groups is 1. The molecule has 3 N–H and O–H groups in total. The van der Waals surface area contributed by atoms with Gasteiger partial charge in [-0.15, -0.1) is 0 Å². The zero-order valence-electron chi connectivity index (χ0n) is 16.9. The van der Waals surface area contributed by atoms with Crippen LogP contribution in [0.4, 0.5) is 23.2 Å². The molecule has 1 aliphatic rings. The number of amides is 1. The lowest BCUT2D eigenvalue weighted by atomic mass is 9.90. The highest BCUT2D eigenvalue weighted by Gasteiger charge is 2.34. The monoisotopic (exact) mass is 447 g/mol. The molecule has 0 unspecified atom stereocenters. The van der Waals surface area contributed by atoms with Crippen LogP contribution in [0.2, 0.25) is 0 Å². The van der Waals surface area contributed by atoms with Gasteiger partial charge in [0.05, 0.1) is 5.52 Å². The minimum atomic E-state index is -4.64. The molecule has 1 amide bonds. The summed E-state index contributed by atoms with van der Waals surface area (Å²) < 4.78 is 53.7. The summed E-state index contributed by atoms with van der Waals surface area (Å²) in [6.07, 6.45) is -1.97. The number of rotatable bonds is 4. The number of phenols is 1. The van der Waals surface area contributed by atoms with E-state index in [0.717, 1.165) is 31.0 Å². The van der Waals surface area contributed by atoms with Gasteiger partial charge in [0.1, 0.15) is 17.3 Å². The highest BCUT2D eigenvalue weighted by molar-refractivity contribution is 5.95. The molecule has 0 saturated heterocycles. The first-order valence-corrected chi connectivity index (χ1v) is 10.2. The van der Waals surface area contributed by atoms with Gasteiger partial charge in [0, 0.05) is 28.7 Å². The number of nitrogens with one attached hydrogen (secondary N) is 2. The standard InChI is InChI=1S/C23H21F4N3O2/c24-14-7-8-19-18(10-14)20(12-21(30-19)23(25,26)27)28-15-4-2-5-16(11-15)29-22(32)13-3-1-6-17(31)9-13/h1,3,6-10,12,15-16,31H,2,4-5,11H2,(H,28,30)(H,29,32)/t15-,16+/m0/s1. The van der Waals surface area contributed by atoms with Gasteiger partial charge < -0.3 is 15.7 Å². The zero-order valence-corrected chi connectivity index (χ0v) is 16.9. The molecule has 0 aliphatic heterocycles. The van der Waals surface area contributed by atoms with Crippen molar-refractivity contribution in [2.75, 3.05) is 5.32 Å². The molecule has 1 fully saturated rings. The van der Waals surface area contributed by atoms with Crippen molar-refractivity contribution < 1.29 is 27.5 Å². The molecule has 2 atom stereocenters. The van der Waals surface area contributed by atoms with Crippen LogP contribution in [0.3, 0.4) is 0 Å². The zero-order chi connectivity index (χ0) is 22.9. The number of carbonyl (C=O) groups excluding carboxylic acids is 1. The minimum absolute atomic E-state index is 0.0156. The number of hydrogen-bond acceptors (Lipinski definition) is 4. The molecule has 32 heavy (non-hydrogen) atoms. The van der Waals surface area contributed by atoms with Crippen LogP contribution in [0, 0.1) is 5.82 Å². The smallest absolute Gasteiger partial charge is 0.433 e. The van der Waals surface area contributed by atoms with E-state index >= 15 is 0 Å². The molecule has 3 aromatic rings. The van der Waals surface area contributed by atoms with E-state index in [2.05, 4.69) is 15.6 Å². The molecule has 1 heterocycles. The van der Waals surface area contributed by atoms with Gasteiger partial charge in [-0.3, -0.25) is 4.79 Å². The number of benzene rings is 2. The summed E-state index contributed by atoms with van der Waals surface area (Å²) in [5.41, 5.74) is -0.519. The van der Waals surface area contributed by atoms with Crippen molar-refractivity contribution in [2.24, 2.45) is 0 Å². The normalized spacial score (nSPS) is 19.0. The Balaban J connectivity index is 1.53. The average molecular weight is 447 g/mol. The maximum absolute atomic E-state index is 13.8. The van der Waals surface area contributed by atoms with Gasteiger partial charge in [0.2, 0.25) is 0 Å². The molecule has 0 bridgehead atoms. The number of halogens is 4. The van der Waals surface area contributed by atoms with Crippen LogP contribution in [-0.4, -0.2) is 28.1 Å². The Morgan fingerprint density at radius 3 is 2.59 bits per heavy atom. The molecule has 4 rings (SSSR count). The van der Waals surface area contributed by atoms with E-state index in [4.69, 9.17) is 0 Å². The number of anilines is 1. The number of fused-ring (bicyclic) bond motifs is 1. The van der Waals surface area contributed by atoms with Crippen LogP contribution in [0.15, 0.2) is 48.5 Å². The van der Waals surface area contributed by atoms with Crippen molar-refractivity contribution in [3.8, 4) is 5.75 Å². The third kappa shape index (κ3) is 4.92. The predicted octanol–water partition coefficient (Wildman–Crippen LogP) is 5.25. The van der Waals surface area contributed by atoms with Crippen molar-refractivity contribution >= 4 is 22.5 Å². The lowest BCUT2D eigenvalue weighted by Crippen LogP contribution is -2.41. The van der Waals surface area contributed by atoms with Gasteiger partial charge in [-0.25, -0.2) is 9.37 Å². The number of pyridine rings is 1. The number of hydrogen-bond donors (Lipinski definition) is 3. The molecule has 5 nitrogen and oxygen atoms in total. The Morgan fingerprint density at radius 1 is 1.06 bits per heavy atom. The van der Waals surface area contributed by atoms with E-state index in [1.165, 1.54) is 18.2 Å². The molecule has 0 spiro atoms. The molecule has 1 aliphatic carbocycles. The van der Waals surface area contributed by atoms with E-state index < -0.39 is 17.7 Å². The van der Waals surface area contributed by atoms with E-state index in [1.807, 2.05) is 0 Å². The van der Waals surface area contributed by atoms with E-state index in [0.29, 0.717) is 18.4 Å². The SMILES string of the molecule is O=C(N[C@@H]1CCC[C@H](Nc2cc(C(F)(F)F)nc3ccc(F)cc23)C1)c1cccc(O)c1. The Hall–Kier alpha value is -3.36. The van der Waals surface area contributed by atoms with Crippen LogP contribution in [0.25, 0.3) is 10.9 Å². The first-order valence-electron chi connectivity index (χ1n) is 10.2. The Kier molecular flexibility index (Phi) is 5.90. The summed E-state index contributed by atoms with van der Waals surface area (Å²) in [7, 11) is 0. The number of phenolic OH excluding ortho intramolecular Hbond substituents is 1. The highest BCUT2D eigenvalue weighted by Crippen LogP contribution is 2.34. The van der Waals surface area contributed by atoms with Crippen LogP contribution in [0.5, 0.6) is 5.75 Å². The topological polar surface area (TPSA) is 74.2 Å². The molecule has 0 radical (unpaired) electrons. The summed E-state index contributed by atoms with van der Waals surface area (Å²) in [6, 6.07) is 9.95. The lowest BCUT2D eigenvalue weighted by Gasteiger charge is -2.31. The Labute approximate surface area is 181 Å². The van der Waals surface area contributed by atoms with E-state index in [9.17, 15) is 27.5 Å². The summed E-state index contributed by atoms with van der Waals surface area (Å²) >= 11 is 0. The maximum atomic E-state index is 13.8. The van der Waals surface area contributed by atoms with Gasteiger partial charge in [0.15, 0.2) is 0 Å². The second-order valence-corrected chi connectivity index (χ2v) is 7.94. The van der Waals surface area contributed by atoms with Crippen molar-refractivity contribution in [2.45, 2.75) is 43.9 Å². The quantitative estimate of drug-likeness (QED) is 0.478. The Morgan fingerprint density at radius 2 is 1.84 bits per heavy atom. The summed E-state index contributed by atoms with van der Waals surface area (Å²) in [4.78, 5) is 16.1. The van der Waals surface area contributed by atoms with Crippen LogP contribution in [-0.2, 0) is 6.18 Å². The van der Waals surface area contributed by atoms with Crippen molar-refractivity contribution in [3.63, 3.8) is 0 Å². The Bertz CT molecular complexity index is 1150. The summed E-state index contributed by atoms with van der Waals surface area (Å²) in [5, 5.41) is 15.9. The van der Waals surface area contributed by atoms with E-state index in [-0.39, 0.29) is 40.3 Å². The maximum Gasteiger partial charge on any atom is 0.433 e. The van der Waals surface area contributed by atoms with Crippen molar-refractivity contribution in [1.82, 2.24) is 10.3 Å². The van der Waals surface area contributed by atoms with Gasteiger partial charge in [0.25, 0.3) is 5.91 Å². The third-order valence-electron chi connectivity index (χ3n) is 5.54. The average Bonchev–Trinajstić information content (AvgIpc) is 2.73. The fourth-order valence-electron chi connectivity index (χ4n) is 4.05. The van der Waals surface area contributed by atoms with E-state index in [1.54, 1.807) is 12.1 Å². The van der Waals surface area contributed by atoms with Gasteiger partial charge in [-0.1, -0.05) is 6.07 Å². The third-order valence-corrected chi connectivity index (χ3v) is 5.54.